The minimum Gasteiger partial charge on any atom is -0.371 e. The summed E-state index contributed by atoms with van der Waals surface area (Å²) >= 11 is 0. The normalized spacial score (nSPS) is 25.8. The fourth-order valence-electron chi connectivity index (χ4n) is 2.10. The third kappa shape index (κ3) is 3.72. The van der Waals surface area contributed by atoms with E-state index < -0.39 is 0 Å². The molecule has 1 aliphatic carbocycles. The molecule has 1 aromatic rings. The molecule has 2 atom stereocenters. The zero-order chi connectivity index (χ0) is 12.3. The van der Waals surface area contributed by atoms with E-state index in [0.29, 0.717) is 5.92 Å². The van der Waals surface area contributed by atoms with Crippen molar-refractivity contribution in [1.82, 2.24) is 0 Å². The first-order valence-electron chi connectivity index (χ1n) is 6.31. The highest BCUT2D eigenvalue weighted by Gasteiger charge is 2.50. The Balaban J connectivity index is 0.00000162. The molecule has 0 saturated heterocycles. The maximum Gasteiger partial charge on any atom is 0.0909 e. The fourth-order valence-corrected chi connectivity index (χ4v) is 2.10. The van der Waals surface area contributed by atoms with Crippen LogP contribution in [0.3, 0.4) is 0 Å². The predicted octanol–water partition coefficient (Wildman–Crippen LogP) is 4.35. The maximum absolute atomic E-state index is 5.78. The van der Waals surface area contributed by atoms with Gasteiger partial charge in [0.05, 0.1) is 5.60 Å². The van der Waals surface area contributed by atoms with Crippen LogP contribution in [0.4, 0.5) is 5.69 Å². The molecule has 0 aromatic heterocycles. The molecule has 3 heteroatoms. The van der Waals surface area contributed by atoms with Gasteiger partial charge in [0.2, 0.25) is 0 Å². The Labute approximate surface area is 127 Å². The topological polar surface area (TPSA) is 21.3 Å². The Hall–Kier alpha value is -0.550. The van der Waals surface area contributed by atoms with Crippen molar-refractivity contribution in [2.75, 3.05) is 11.9 Å². The summed E-state index contributed by atoms with van der Waals surface area (Å²) in [6.45, 7) is 7.15. The molecular formula is C15H22INO. The molecule has 18 heavy (non-hydrogen) atoms. The minimum absolute atomic E-state index is 0. The second kappa shape index (κ2) is 6.57. The SMILES string of the molecule is CCOC1(/C=C\Nc2ccc(C)cc2)CC1C.I. The molecule has 100 valence electrons. The van der Waals surface area contributed by atoms with Crippen LogP contribution in [0.25, 0.3) is 0 Å². The lowest BCUT2D eigenvalue weighted by Gasteiger charge is -2.11. The van der Waals surface area contributed by atoms with Crippen molar-refractivity contribution in [2.24, 2.45) is 5.92 Å². The van der Waals surface area contributed by atoms with Gasteiger partial charge in [-0.1, -0.05) is 24.6 Å². The van der Waals surface area contributed by atoms with Gasteiger partial charge >= 0.3 is 0 Å². The van der Waals surface area contributed by atoms with Crippen LogP contribution in [0.15, 0.2) is 36.5 Å². The van der Waals surface area contributed by atoms with Gasteiger partial charge in [0.25, 0.3) is 0 Å². The molecule has 2 nitrogen and oxygen atoms in total. The van der Waals surface area contributed by atoms with Crippen LogP contribution in [0.5, 0.6) is 0 Å². The van der Waals surface area contributed by atoms with Crippen molar-refractivity contribution in [2.45, 2.75) is 32.8 Å². The van der Waals surface area contributed by atoms with Gasteiger partial charge in [-0.05, 0) is 50.6 Å². The fraction of sp³-hybridized carbons (Fsp3) is 0.467. The van der Waals surface area contributed by atoms with Crippen LogP contribution in [0.1, 0.15) is 25.8 Å². The predicted molar refractivity (Wildman–Crippen MR) is 87.5 cm³/mol. The molecule has 0 heterocycles. The molecule has 1 aliphatic rings. The summed E-state index contributed by atoms with van der Waals surface area (Å²) in [5.74, 6) is 0.638. The lowest BCUT2D eigenvalue weighted by atomic mass is 10.2. The molecule has 2 rings (SSSR count). The number of halogens is 1. The van der Waals surface area contributed by atoms with Gasteiger partial charge in [0, 0.05) is 12.3 Å². The first-order valence-corrected chi connectivity index (χ1v) is 6.31. The van der Waals surface area contributed by atoms with Gasteiger partial charge in [0.1, 0.15) is 0 Å². The van der Waals surface area contributed by atoms with Crippen molar-refractivity contribution in [3.8, 4) is 0 Å². The van der Waals surface area contributed by atoms with Crippen molar-refractivity contribution in [3.63, 3.8) is 0 Å². The molecule has 0 radical (unpaired) electrons. The summed E-state index contributed by atoms with van der Waals surface area (Å²) < 4.78 is 5.78. The smallest absolute Gasteiger partial charge is 0.0909 e. The van der Waals surface area contributed by atoms with E-state index in [2.05, 4.69) is 49.5 Å². The van der Waals surface area contributed by atoms with Gasteiger partial charge in [-0.3, -0.25) is 0 Å². The van der Waals surface area contributed by atoms with Crippen LogP contribution < -0.4 is 5.32 Å². The summed E-state index contributed by atoms with van der Waals surface area (Å²) in [7, 11) is 0. The summed E-state index contributed by atoms with van der Waals surface area (Å²) in [5, 5.41) is 3.29. The average molecular weight is 359 g/mol. The Morgan fingerprint density at radius 1 is 1.39 bits per heavy atom. The van der Waals surface area contributed by atoms with E-state index in [-0.39, 0.29) is 29.6 Å². The van der Waals surface area contributed by atoms with E-state index in [1.165, 1.54) is 5.56 Å². The molecular weight excluding hydrogens is 337 g/mol. The van der Waals surface area contributed by atoms with Crippen molar-refractivity contribution < 1.29 is 4.74 Å². The number of benzene rings is 1. The van der Waals surface area contributed by atoms with E-state index >= 15 is 0 Å². The van der Waals surface area contributed by atoms with E-state index in [0.717, 1.165) is 18.7 Å². The third-order valence-electron chi connectivity index (χ3n) is 3.38. The summed E-state index contributed by atoms with van der Waals surface area (Å²) in [5.41, 5.74) is 2.39. The highest BCUT2D eigenvalue weighted by Crippen LogP contribution is 2.47. The zero-order valence-electron chi connectivity index (χ0n) is 11.3. The first-order chi connectivity index (χ1) is 8.16. The number of ether oxygens (including phenoxy) is 1. The lowest BCUT2D eigenvalue weighted by Crippen LogP contribution is -2.13. The Morgan fingerprint density at radius 3 is 2.50 bits per heavy atom. The molecule has 0 amide bonds. The van der Waals surface area contributed by atoms with E-state index in [9.17, 15) is 0 Å². The quantitative estimate of drug-likeness (QED) is 0.789. The Kier molecular flexibility index (Phi) is 5.66. The number of nitrogens with one attached hydrogen (secondary N) is 1. The highest BCUT2D eigenvalue weighted by molar-refractivity contribution is 14.0. The lowest BCUT2D eigenvalue weighted by molar-refractivity contribution is 0.0670. The molecule has 0 spiro atoms. The monoisotopic (exact) mass is 359 g/mol. The largest absolute Gasteiger partial charge is 0.371 e. The molecule has 0 bridgehead atoms. The highest BCUT2D eigenvalue weighted by atomic mass is 127. The van der Waals surface area contributed by atoms with Gasteiger partial charge in [-0.2, -0.15) is 0 Å². The van der Waals surface area contributed by atoms with Crippen molar-refractivity contribution in [1.29, 1.82) is 0 Å². The Morgan fingerprint density at radius 2 is 2.00 bits per heavy atom. The van der Waals surface area contributed by atoms with Crippen molar-refractivity contribution in [3.05, 3.63) is 42.1 Å². The second-order valence-electron chi connectivity index (χ2n) is 4.84. The Bertz CT molecular complexity index is 401. The third-order valence-corrected chi connectivity index (χ3v) is 3.38. The standard InChI is InChI=1S/C15H21NO.HI/c1-4-17-15(11-13(15)3)9-10-16-14-7-5-12(2)6-8-14;/h5-10,13,16H,4,11H2,1-3H3;1H/b10-9-;. The second-order valence-corrected chi connectivity index (χ2v) is 4.84. The summed E-state index contributed by atoms with van der Waals surface area (Å²) in [4.78, 5) is 0. The number of hydrogen-bond donors (Lipinski definition) is 1. The van der Waals surface area contributed by atoms with Gasteiger partial charge in [-0.25, -0.2) is 0 Å². The first kappa shape index (κ1) is 15.5. The van der Waals surface area contributed by atoms with Crippen LogP contribution >= 0.6 is 24.0 Å². The molecule has 1 N–H and O–H groups in total. The van der Waals surface area contributed by atoms with Crippen LogP contribution in [0.2, 0.25) is 0 Å². The van der Waals surface area contributed by atoms with Crippen LogP contribution in [-0.4, -0.2) is 12.2 Å². The molecule has 2 unspecified atom stereocenters. The number of hydrogen-bond acceptors (Lipinski definition) is 2. The van der Waals surface area contributed by atoms with E-state index in [4.69, 9.17) is 4.74 Å². The number of anilines is 1. The average Bonchev–Trinajstić information content (AvgIpc) is 2.93. The van der Waals surface area contributed by atoms with Gasteiger partial charge in [0.15, 0.2) is 0 Å². The van der Waals surface area contributed by atoms with Crippen LogP contribution in [-0.2, 0) is 4.74 Å². The van der Waals surface area contributed by atoms with Gasteiger partial charge < -0.3 is 10.1 Å². The molecule has 1 aromatic carbocycles. The van der Waals surface area contributed by atoms with Crippen LogP contribution in [0, 0.1) is 12.8 Å². The summed E-state index contributed by atoms with van der Waals surface area (Å²) in [6.07, 6.45) is 5.29. The number of rotatable bonds is 5. The minimum atomic E-state index is -0.00749. The maximum atomic E-state index is 5.78. The number of aryl methyl sites for hydroxylation is 1. The zero-order valence-corrected chi connectivity index (χ0v) is 13.6. The summed E-state index contributed by atoms with van der Waals surface area (Å²) in [6, 6.07) is 8.38. The molecule has 1 fully saturated rings. The molecule has 0 aliphatic heterocycles. The van der Waals surface area contributed by atoms with Gasteiger partial charge in [-0.15, -0.1) is 24.0 Å². The van der Waals surface area contributed by atoms with Crippen molar-refractivity contribution >= 4 is 29.7 Å². The van der Waals surface area contributed by atoms with E-state index in [1.807, 2.05) is 13.1 Å². The van der Waals surface area contributed by atoms with E-state index in [1.54, 1.807) is 0 Å². The molecule has 1 saturated carbocycles.